The third-order valence-electron chi connectivity index (χ3n) is 6.12. The van der Waals surface area contributed by atoms with E-state index in [1.165, 1.54) is 28.8 Å². The number of likely N-dealkylation sites (tertiary alicyclic amines) is 1. The van der Waals surface area contributed by atoms with Gasteiger partial charge in [0.25, 0.3) is 0 Å². The van der Waals surface area contributed by atoms with E-state index in [2.05, 4.69) is 10.6 Å². The number of hydrogen-bond acceptors (Lipinski definition) is 7. The summed E-state index contributed by atoms with van der Waals surface area (Å²) in [7, 11) is 0. The highest BCUT2D eigenvalue weighted by molar-refractivity contribution is 7.98. The van der Waals surface area contributed by atoms with E-state index in [1.807, 2.05) is 20.1 Å². The molecule has 3 amide bonds. The van der Waals surface area contributed by atoms with E-state index in [4.69, 9.17) is 5.73 Å². The number of rotatable bonds is 13. The maximum absolute atomic E-state index is 13.4. The molecule has 1 aromatic rings. The summed E-state index contributed by atoms with van der Waals surface area (Å²) in [5, 5.41) is 24.6. The molecule has 0 bridgehead atoms. The molecule has 10 nitrogen and oxygen atoms in total. The Kier molecular flexibility index (Phi) is 11.5. The van der Waals surface area contributed by atoms with Gasteiger partial charge < -0.3 is 31.5 Å². The Morgan fingerprint density at radius 3 is 2.33 bits per heavy atom. The first-order valence-corrected chi connectivity index (χ1v) is 13.6. The lowest BCUT2D eigenvalue weighted by molar-refractivity contribution is -0.149. The minimum Gasteiger partial charge on any atom is -0.508 e. The SMILES string of the molecule is CSCCC(NC(=O)C(N)CC(C)C)C(=O)NC(Cc1ccc(O)cc1)C(=O)N1CCCC1C(=O)O. The third kappa shape index (κ3) is 8.70. The van der Waals surface area contributed by atoms with Gasteiger partial charge in [-0.15, -0.1) is 0 Å². The number of nitrogens with zero attached hydrogens (tertiary/aromatic N) is 1. The predicted molar refractivity (Wildman–Crippen MR) is 138 cm³/mol. The van der Waals surface area contributed by atoms with Crippen molar-refractivity contribution >= 4 is 35.5 Å². The highest BCUT2D eigenvalue weighted by Crippen LogP contribution is 2.20. The zero-order valence-corrected chi connectivity index (χ0v) is 21.9. The van der Waals surface area contributed by atoms with Crippen molar-refractivity contribution in [2.75, 3.05) is 18.6 Å². The molecule has 0 spiro atoms. The zero-order valence-electron chi connectivity index (χ0n) is 21.1. The van der Waals surface area contributed by atoms with Crippen LogP contribution in [-0.4, -0.2) is 81.5 Å². The Morgan fingerprint density at radius 2 is 1.75 bits per heavy atom. The van der Waals surface area contributed by atoms with E-state index in [9.17, 15) is 29.4 Å². The van der Waals surface area contributed by atoms with Crippen LogP contribution in [0.2, 0.25) is 0 Å². The van der Waals surface area contributed by atoms with Crippen molar-refractivity contribution in [2.45, 2.75) is 70.1 Å². The number of thioether (sulfide) groups is 1. The number of amides is 3. The first-order chi connectivity index (χ1) is 17.0. The van der Waals surface area contributed by atoms with Crippen LogP contribution in [0.4, 0.5) is 0 Å². The number of phenols is 1. The molecule has 0 saturated carbocycles. The van der Waals surface area contributed by atoms with Crippen molar-refractivity contribution in [1.82, 2.24) is 15.5 Å². The Morgan fingerprint density at radius 1 is 1.11 bits per heavy atom. The molecule has 6 N–H and O–H groups in total. The minimum atomic E-state index is -1.08. The Hall–Kier alpha value is -2.79. The molecule has 1 aromatic carbocycles. The highest BCUT2D eigenvalue weighted by atomic mass is 32.2. The first kappa shape index (κ1) is 29.4. The lowest BCUT2D eigenvalue weighted by atomic mass is 10.0. The number of carboxylic acid groups (broad SMARTS) is 1. The number of aliphatic carboxylic acids is 1. The summed E-state index contributed by atoms with van der Waals surface area (Å²) in [6.07, 6.45) is 3.70. The molecule has 0 aromatic heterocycles. The number of carbonyl (C=O) groups is 4. The lowest BCUT2D eigenvalue weighted by Crippen LogP contribution is -2.57. The second-order valence-corrected chi connectivity index (χ2v) is 10.5. The molecule has 1 saturated heterocycles. The van der Waals surface area contributed by atoms with Crippen molar-refractivity contribution in [3.63, 3.8) is 0 Å². The zero-order chi connectivity index (χ0) is 26.8. The van der Waals surface area contributed by atoms with Gasteiger partial charge in [-0.2, -0.15) is 11.8 Å². The monoisotopic (exact) mass is 522 g/mol. The van der Waals surface area contributed by atoms with Gasteiger partial charge in [-0.05, 0) is 61.3 Å². The van der Waals surface area contributed by atoms with Gasteiger partial charge in [-0.3, -0.25) is 14.4 Å². The van der Waals surface area contributed by atoms with Gasteiger partial charge >= 0.3 is 5.97 Å². The number of carboxylic acids is 1. The number of aromatic hydroxyl groups is 1. The molecule has 11 heteroatoms. The topological polar surface area (TPSA) is 162 Å². The molecule has 1 fully saturated rings. The van der Waals surface area contributed by atoms with Crippen molar-refractivity contribution < 1.29 is 29.4 Å². The van der Waals surface area contributed by atoms with Gasteiger partial charge in [0.05, 0.1) is 6.04 Å². The predicted octanol–water partition coefficient (Wildman–Crippen LogP) is 1.11. The number of carbonyl (C=O) groups excluding carboxylic acids is 3. The van der Waals surface area contributed by atoms with Crippen molar-refractivity contribution in [3.05, 3.63) is 29.8 Å². The maximum Gasteiger partial charge on any atom is 0.326 e. The second kappa shape index (κ2) is 14.1. The van der Waals surface area contributed by atoms with E-state index < -0.39 is 47.9 Å². The summed E-state index contributed by atoms with van der Waals surface area (Å²) in [5.74, 6) is -1.67. The van der Waals surface area contributed by atoms with Gasteiger partial charge in [0.15, 0.2) is 0 Å². The van der Waals surface area contributed by atoms with Crippen LogP contribution in [0.15, 0.2) is 24.3 Å². The van der Waals surface area contributed by atoms with Crippen molar-refractivity contribution in [3.8, 4) is 5.75 Å². The summed E-state index contributed by atoms with van der Waals surface area (Å²) < 4.78 is 0. The summed E-state index contributed by atoms with van der Waals surface area (Å²) in [5.41, 5.74) is 6.68. The lowest BCUT2D eigenvalue weighted by Gasteiger charge is -2.29. The molecular weight excluding hydrogens is 484 g/mol. The maximum atomic E-state index is 13.4. The van der Waals surface area contributed by atoms with E-state index in [0.29, 0.717) is 37.0 Å². The van der Waals surface area contributed by atoms with Gasteiger partial charge in [0, 0.05) is 13.0 Å². The summed E-state index contributed by atoms with van der Waals surface area (Å²) in [6, 6.07) is 2.59. The smallest absolute Gasteiger partial charge is 0.326 e. The van der Waals surface area contributed by atoms with Crippen molar-refractivity contribution in [1.29, 1.82) is 0 Å². The fourth-order valence-corrected chi connectivity index (χ4v) is 4.70. The molecule has 1 aliphatic heterocycles. The van der Waals surface area contributed by atoms with Crippen molar-refractivity contribution in [2.24, 2.45) is 11.7 Å². The Labute approximate surface area is 216 Å². The fourth-order valence-electron chi connectivity index (χ4n) is 4.23. The molecule has 0 aliphatic carbocycles. The molecule has 0 radical (unpaired) electrons. The van der Waals surface area contributed by atoms with Gasteiger partial charge in [-0.1, -0.05) is 26.0 Å². The largest absolute Gasteiger partial charge is 0.508 e. The van der Waals surface area contributed by atoms with Gasteiger partial charge in [0.2, 0.25) is 17.7 Å². The molecule has 200 valence electrons. The van der Waals surface area contributed by atoms with E-state index in [-0.39, 0.29) is 24.6 Å². The molecule has 1 heterocycles. The number of benzene rings is 1. The van der Waals surface area contributed by atoms with Crippen LogP contribution < -0.4 is 16.4 Å². The minimum absolute atomic E-state index is 0.0636. The van der Waals surface area contributed by atoms with Crippen LogP contribution in [0.1, 0.15) is 45.1 Å². The number of nitrogens with one attached hydrogen (secondary N) is 2. The molecule has 2 rings (SSSR count). The van der Waals surface area contributed by atoms with E-state index >= 15 is 0 Å². The Balaban J connectivity index is 2.24. The van der Waals surface area contributed by atoms with Crippen LogP contribution >= 0.6 is 11.8 Å². The molecule has 4 atom stereocenters. The van der Waals surface area contributed by atoms with Crippen LogP contribution in [0.5, 0.6) is 5.75 Å². The normalized spacial score (nSPS) is 17.9. The first-order valence-electron chi connectivity index (χ1n) is 12.2. The standard InChI is InChI=1S/C25H38N4O6S/c1-15(2)13-18(26)22(31)27-19(10-12-36-3)23(32)28-20(14-16-6-8-17(30)9-7-16)24(33)29-11-4-5-21(29)25(34)35/h6-9,15,18-21,30H,4-5,10-14,26H2,1-3H3,(H,27,31)(H,28,32)(H,34,35). The molecule has 36 heavy (non-hydrogen) atoms. The fraction of sp³-hybridized carbons (Fsp3) is 0.600. The Bertz CT molecular complexity index is 910. The second-order valence-electron chi connectivity index (χ2n) is 9.54. The molecule has 4 unspecified atom stereocenters. The van der Waals surface area contributed by atoms with Crippen LogP contribution in [0.3, 0.4) is 0 Å². The average Bonchev–Trinajstić information content (AvgIpc) is 3.32. The highest BCUT2D eigenvalue weighted by Gasteiger charge is 2.38. The number of phenolic OH excluding ortho intramolecular Hbond substituents is 1. The van der Waals surface area contributed by atoms with Gasteiger partial charge in [0.1, 0.15) is 23.9 Å². The molecule has 1 aliphatic rings. The van der Waals surface area contributed by atoms with Gasteiger partial charge in [-0.25, -0.2) is 4.79 Å². The third-order valence-corrected chi connectivity index (χ3v) is 6.76. The summed E-state index contributed by atoms with van der Waals surface area (Å²) in [6.45, 7) is 4.19. The van der Waals surface area contributed by atoms with Crippen LogP contribution in [0.25, 0.3) is 0 Å². The number of nitrogens with two attached hydrogens (primary N) is 1. The average molecular weight is 523 g/mol. The molecular formula is C25H38N4O6S. The van der Waals surface area contributed by atoms with Crippen LogP contribution in [-0.2, 0) is 25.6 Å². The number of hydrogen-bond donors (Lipinski definition) is 5. The van der Waals surface area contributed by atoms with E-state index in [0.717, 1.165) is 0 Å². The quantitative estimate of drug-likeness (QED) is 0.257. The summed E-state index contributed by atoms with van der Waals surface area (Å²) >= 11 is 1.52. The van der Waals surface area contributed by atoms with Crippen LogP contribution in [0, 0.1) is 5.92 Å². The summed E-state index contributed by atoms with van der Waals surface area (Å²) in [4.78, 5) is 52.4. The van der Waals surface area contributed by atoms with E-state index in [1.54, 1.807) is 12.1 Å².